The topological polar surface area (TPSA) is 88.2 Å². The number of aromatic amines is 1. The molecule has 2 aromatic heterocycles. The molecule has 0 bridgehead atoms. The van der Waals surface area contributed by atoms with Crippen molar-refractivity contribution in [2.24, 2.45) is 5.92 Å². The molecule has 0 aliphatic carbocycles. The van der Waals surface area contributed by atoms with Crippen molar-refractivity contribution in [2.45, 2.75) is 6.42 Å². The van der Waals surface area contributed by atoms with Crippen LogP contribution in [0, 0.1) is 5.92 Å². The Hall–Kier alpha value is -2.06. The molecule has 0 spiro atoms. The fraction of sp³-hybridized carbons (Fsp3) is 0.429. The number of hydrogen-bond acceptors (Lipinski definition) is 6. The summed E-state index contributed by atoms with van der Waals surface area (Å²) in [6, 6.07) is 1.48. The van der Waals surface area contributed by atoms with Crippen LogP contribution in [0.4, 0.5) is 0 Å². The summed E-state index contributed by atoms with van der Waals surface area (Å²) in [5.41, 5.74) is 2.66. The lowest BCUT2D eigenvalue weighted by Crippen LogP contribution is -2.36. The first kappa shape index (κ1) is 14.9. The minimum absolute atomic E-state index is 0.0735. The van der Waals surface area contributed by atoms with Crippen molar-refractivity contribution in [3.8, 4) is 0 Å². The Labute approximate surface area is 131 Å². The summed E-state index contributed by atoms with van der Waals surface area (Å²) in [6.07, 6.45) is 2.00. The Morgan fingerprint density at radius 1 is 1.50 bits per heavy atom. The number of carbonyl (C=O) groups excluding carboxylic acids is 1. The van der Waals surface area contributed by atoms with Gasteiger partial charge in [0.15, 0.2) is 0 Å². The van der Waals surface area contributed by atoms with Gasteiger partial charge in [0, 0.05) is 36.1 Å². The second-order valence-corrected chi connectivity index (χ2v) is 5.89. The first-order valence-electron chi connectivity index (χ1n) is 7.01. The molecule has 1 N–H and O–H groups in total. The van der Waals surface area contributed by atoms with Gasteiger partial charge in [-0.3, -0.25) is 9.59 Å². The quantitative estimate of drug-likeness (QED) is 0.892. The summed E-state index contributed by atoms with van der Waals surface area (Å²) < 4.78 is 5.58. The van der Waals surface area contributed by atoms with Crippen LogP contribution in [0.15, 0.2) is 28.1 Å². The summed E-state index contributed by atoms with van der Waals surface area (Å²) >= 11 is 1.40. The van der Waals surface area contributed by atoms with Gasteiger partial charge in [-0.25, -0.2) is 9.97 Å². The molecule has 0 unspecified atom stereocenters. The van der Waals surface area contributed by atoms with E-state index in [1.165, 1.54) is 23.7 Å². The molecule has 0 radical (unpaired) electrons. The van der Waals surface area contributed by atoms with Gasteiger partial charge in [-0.2, -0.15) is 0 Å². The van der Waals surface area contributed by atoms with E-state index in [0.29, 0.717) is 44.1 Å². The first-order valence-corrected chi connectivity index (χ1v) is 7.95. The summed E-state index contributed by atoms with van der Waals surface area (Å²) in [6.45, 7) is 2.19. The lowest BCUT2D eigenvalue weighted by Gasteiger charge is -2.22. The number of thiazole rings is 1. The molecule has 1 atom stereocenters. The smallest absolute Gasteiger partial charge is 0.273 e. The van der Waals surface area contributed by atoms with E-state index >= 15 is 0 Å². The zero-order valence-electron chi connectivity index (χ0n) is 11.9. The van der Waals surface area contributed by atoms with Crippen LogP contribution in [-0.2, 0) is 11.2 Å². The molecule has 8 heteroatoms. The Balaban J connectivity index is 1.70. The maximum atomic E-state index is 12.4. The molecule has 1 amide bonds. The molecule has 7 nitrogen and oxygen atoms in total. The van der Waals surface area contributed by atoms with Crippen LogP contribution >= 0.6 is 11.3 Å². The summed E-state index contributed by atoms with van der Waals surface area (Å²) in [4.78, 5) is 36.2. The normalized spacial score (nSPS) is 18.9. The van der Waals surface area contributed by atoms with Gasteiger partial charge in [-0.1, -0.05) is 0 Å². The van der Waals surface area contributed by atoms with Crippen molar-refractivity contribution in [1.29, 1.82) is 0 Å². The van der Waals surface area contributed by atoms with Crippen LogP contribution in [0.1, 0.15) is 16.2 Å². The van der Waals surface area contributed by atoms with E-state index in [9.17, 15) is 9.59 Å². The van der Waals surface area contributed by atoms with E-state index in [1.54, 1.807) is 15.8 Å². The average Bonchev–Trinajstić information content (AvgIpc) is 2.94. The lowest BCUT2D eigenvalue weighted by molar-refractivity contribution is 0.0732. The number of nitrogens with one attached hydrogen (secondary N) is 1. The van der Waals surface area contributed by atoms with Gasteiger partial charge in [0.1, 0.15) is 5.69 Å². The molecule has 1 aliphatic heterocycles. The zero-order chi connectivity index (χ0) is 15.4. The van der Waals surface area contributed by atoms with Gasteiger partial charge in [0.05, 0.1) is 25.1 Å². The van der Waals surface area contributed by atoms with Gasteiger partial charge < -0.3 is 14.6 Å². The number of H-pyrrole nitrogens is 1. The molecule has 1 aliphatic rings. The zero-order valence-corrected chi connectivity index (χ0v) is 12.7. The average molecular weight is 320 g/mol. The number of aromatic nitrogens is 3. The molecule has 0 aromatic carbocycles. The highest BCUT2D eigenvalue weighted by Gasteiger charge is 2.24. The SMILES string of the molecule is O=C(c1cscn1)N1CCOC[C@H](Cc2cc(=O)[nH]cn2)C1. The molecule has 22 heavy (non-hydrogen) atoms. The first-order chi connectivity index (χ1) is 10.7. The molecular weight excluding hydrogens is 304 g/mol. The number of ether oxygens (including phenoxy) is 1. The van der Waals surface area contributed by atoms with Crippen molar-refractivity contribution in [3.63, 3.8) is 0 Å². The number of hydrogen-bond donors (Lipinski definition) is 1. The second-order valence-electron chi connectivity index (χ2n) is 5.17. The van der Waals surface area contributed by atoms with Gasteiger partial charge in [0.2, 0.25) is 0 Å². The van der Waals surface area contributed by atoms with Gasteiger partial charge in [-0.15, -0.1) is 11.3 Å². The lowest BCUT2D eigenvalue weighted by atomic mass is 10.0. The Morgan fingerprint density at radius 2 is 2.41 bits per heavy atom. The monoisotopic (exact) mass is 320 g/mol. The molecule has 116 valence electrons. The minimum atomic E-state index is -0.171. The Kier molecular flexibility index (Phi) is 4.59. The largest absolute Gasteiger partial charge is 0.379 e. The predicted molar refractivity (Wildman–Crippen MR) is 80.9 cm³/mol. The number of rotatable bonds is 3. The van der Waals surface area contributed by atoms with Crippen molar-refractivity contribution < 1.29 is 9.53 Å². The van der Waals surface area contributed by atoms with Crippen LogP contribution in [0.25, 0.3) is 0 Å². The van der Waals surface area contributed by atoms with Crippen molar-refractivity contribution in [1.82, 2.24) is 19.9 Å². The third-order valence-corrected chi connectivity index (χ3v) is 4.10. The van der Waals surface area contributed by atoms with Crippen molar-refractivity contribution in [3.05, 3.63) is 45.0 Å². The third kappa shape index (κ3) is 3.58. The van der Waals surface area contributed by atoms with E-state index in [1.807, 2.05) is 0 Å². The summed E-state index contributed by atoms with van der Waals surface area (Å²) in [7, 11) is 0. The highest BCUT2D eigenvalue weighted by molar-refractivity contribution is 7.07. The Morgan fingerprint density at radius 3 is 3.18 bits per heavy atom. The van der Waals surface area contributed by atoms with E-state index in [4.69, 9.17) is 4.74 Å². The number of amides is 1. The van der Waals surface area contributed by atoms with Crippen molar-refractivity contribution in [2.75, 3.05) is 26.3 Å². The fourth-order valence-electron chi connectivity index (χ4n) is 2.48. The summed E-state index contributed by atoms with van der Waals surface area (Å²) in [5.74, 6) is 0.0370. The molecule has 1 fully saturated rings. The molecule has 1 saturated heterocycles. The molecule has 2 aromatic rings. The van der Waals surface area contributed by atoms with Crippen LogP contribution in [0.2, 0.25) is 0 Å². The van der Waals surface area contributed by atoms with Gasteiger partial charge >= 0.3 is 0 Å². The molecule has 3 rings (SSSR count). The Bertz CT molecular complexity index is 685. The van der Waals surface area contributed by atoms with E-state index in [0.717, 1.165) is 0 Å². The standard InChI is InChI=1S/C14H16N4O3S/c19-13-4-11(15-8-16-13)3-10-5-18(1-2-21-6-10)14(20)12-7-22-9-17-12/h4,7-10H,1-3,5-6H2,(H,15,16,19)/t10-/m1/s1. The number of nitrogens with zero attached hydrogens (tertiary/aromatic N) is 3. The van der Waals surface area contributed by atoms with Gasteiger partial charge in [0.25, 0.3) is 11.5 Å². The maximum absolute atomic E-state index is 12.4. The van der Waals surface area contributed by atoms with Crippen LogP contribution in [0.5, 0.6) is 0 Å². The molecular formula is C14H16N4O3S. The predicted octanol–water partition coefficient (Wildman–Crippen LogP) is 0.558. The van der Waals surface area contributed by atoms with Crippen LogP contribution < -0.4 is 5.56 Å². The third-order valence-electron chi connectivity index (χ3n) is 3.51. The number of carbonyl (C=O) groups is 1. The van der Waals surface area contributed by atoms with Gasteiger partial charge in [-0.05, 0) is 6.42 Å². The maximum Gasteiger partial charge on any atom is 0.273 e. The summed E-state index contributed by atoms with van der Waals surface area (Å²) in [5, 5.41) is 1.75. The van der Waals surface area contributed by atoms with Crippen molar-refractivity contribution >= 4 is 17.2 Å². The fourth-order valence-corrected chi connectivity index (χ4v) is 3.01. The van der Waals surface area contributed by atoms with E-state index in [-0.39, 0.29) is 17.4 Å². The van der Waals surface area contributed by atoms with Crippen LogP contribution in [0.3, 0.4) is 0 Å². The van der Waals surface area contributed by atoms with E-state index < -0.39 is 0 Å². The van der Waals surface area contributed by atoms with E-state index in [2.05, 4.69) is 15.0 Å². The highest BCUT2D eigenvalue weighted by Crippen LogP contribution is 2.14. The molecule has 0 saturated carbocycles. The highest BCUT2D eigenvalue weighted by atomic mass is 32.1. The van der Waals surface area contributed by atoms with Crippen LogP contribution in [-0.4, -0.2) is 52.1 Å². The molecule has 3 heterocycles. The second kappa shape index (κ2) is 6.80. The minimum Gasteiger partial charge on any atom is -0.379 e.